The highest BCUT2D eigenvalue weighted by atomic mass is 35.5. The second-order valence-corrected chi connectivity index (χ2v) is 5.59. The van der Waals surface area contributed by atoms with Gasteiger partial charge in [-0.15, -0.1) is 0 Å². The number of hydrogen-bond acceptors (Lipinski definition) is 2. The molecule has 2 aromatic carbocycles. The Hall–Kier alpha value is -1.35. The van der Waals surface area contributed by atoms with Crippen LogP contribution in [0.3, 0.4) is 0 Å². The zero-order chi connectivity index (χ0) is 15.1. The van der Waals surface area contributed by atoms with E-state index in [2.05, 4.69) is 43.4 Å². The van der Waals surface area contributed by atoms with Crippen LogP contribution < -0.4 is 5.32 Å². The van der Waals surface area contributed by atoms with Crippen molar-refractivity contribution in [3.05, 3.63) is 70.2 Å². The highest BCUT2D eigenvalue weighted by Gasteiger charge is 2.12. The van der Waals surface area contributed by atoms with E-state index >= 15 is 0 Å². The number of nitrogens with one attached hydrogen (secondary N) is 1. The normalized spacial score (nSPS) is 12.3. The zero-order valence-corrected chi connectivity index (χ0v) is 13.4. The summed E-state index contributed by atoms with van der Waals surface area (Å²) in [5, 5.41) is 4.11. The molecule has 0 aliphatic heterocycles. The van der Waals surface area contributed by atoms with Crippen LogP contribution in [-0.4, -0.2) is 13.1 Å². The van der Waals surface area contributed by atoms with E-state index in [-0.39, 0.29) is 6.10 Å². The summed E-state index contributed by atoms with van der Waals surface area (Å²) in [5.74, 6) is 0. The van der Waals surface area contributed by atoms with Crippen LogP contribution in [0.5, 0.6) is 0 Å². The maximum absolute atomic E-state index is 6.11. The molecule has 0 bridgehead atoms. The van der Waals surface area contributed by atoms with Gasteiger partial charge in [0.25, 0.3) is 0 Å². The van der Waals surface area contributed by atoms with Gasteiger partial charge in [0.2, 0.25) is 0 Å². The molecule has 0 aliphatic carbocycles. The summed E-state index contributed by atoms with van der Waals surface area (Å²) in [4.78, 5) is 0. The van der Waals surface area contributed by atoms with Gasteiger partial charge in [-0.1, -0.05) is 60.5 Å². The van der Waals surface area contributed by atoms with E-state index in [0.29, 0.717) is 6.61 Å². The predicted molar refractivity (Wildman–Crippen MR) is 88.7 cm³/mol. The van der Waals surface area contributed by atoms with Gasteiger partial charge in [0.15, 0.2) is 0 Å². The fraction of sp³-hybridized carbons (Fsp3) is 0.333. The molecule has 2 aromatic rings. The summed E-state index contributed by atoms with van der Waals surface area (Å²) in [6, 6.07) is 16.3. The number of aryl methyl sites for hydroxylation is 1. The molecule has 3 heteroatoms. The third kappa shape index (κ3) is 5.16. The molecular formula is C18H22ClNO. The number of halogens is 1. The molecule has 0 aliphatic rings. The second kappa shape index (κ2) is 8.18. The summed E-state index contributed by atoms with van der Waals surface area (Å²) >= 11 is 6.01. The molecule has 1 unspecified atom stereocenters. The van der Waals surface area contributed by atoms with Crippen LogP contribution >= 0.6 is 11.6 Å². The molecule has 0 aromatic heterocycles. The van der Waals surface area contributed by atoms with Crippen molar-refractivity contribution in [3.63, 3.8) is 0 Å². The molecule has 0 heterocycles. The molecule has 1 atom stereocenters. The first kappa shape index (κ1) is 16.0. The number of rotatable bonds is 7. The summed E-state index contributed by atoms with van der Waals surface area (Å²) in [5.41, 5.74) is 3.55. The van der Waals surface area contributed by atoms with E-state index in [1.54, 1.807) is 0 Å². The molecule has 0 radical (unpaired) electrons. The zero-order valence-electron chi connectivity index (χ0n) is 12.6. The van der Waals surface area contributed by atoms with Gasteiger partial charge in [0.1, 0.15) is 0 Å². The molecule has 2 nitrogen and oxygen atoms in total. The average molecular weight is 304 g/mol. The monoisotopic (exact) mass is 303 g/mol. The SMILES string of the molecule is CCNCC(OCc1cccc(Cl)c1)c1cccc(C)c1. The first-order valence-corrected chi connectivity index (χ1v) is 7.70. The molecule has 0 saturated heterocycles. The van der Waals surface area contributed by atoms with Crippen LogP contribution in [0, 0.1) is 6.92 Å². The first-order chi connectivity index (χ1) is 10.2. The molecule has 2 rings (SSSR count). The Morgan fingerprint density at radius 3 is 2.67 bits per heavy atom. The van der Waals surface area contributed by atoms with Gasteiger partial charge in [-0.25, -0.2) is 0 Å². The van der Waals surface area contributed by atoms with Crippen molar-refractivity contribution in [1.82, 2.24) is 5.32 Å². The maximum Gasteiger partial charge on any atom is 0.0953 e. The highest BCUT2D eigenvalue weighted by Crippen LogP contribution is 2.20. The molecule has 0 fully saturated rings. The van der Waals surface area contributed by atoms with E-state index < -0.39 is 0 Å². The first-order valence-electron chi connectivity index (χ1n) is 7.32. The van der Waals surface area contributed by atoms with E-state index in [0.717, 1.165) is 23.7 Å². The number of benzene rings is 2. The maximum atomic E-state index is 6.11. The van der Waals surface area contributed by atoms with Gasteiger partial charge in [-0.2, -0.15) is 0 Å². The van der Waals surface area contributed by atoms with E-state index in [9.17, 15) is 0 Å². The van der Waals surface area contributed by atoms with E-state index in [4.69, 9.17) is 16.3 Å². The minimum atomic E-state index is 0.0452. The molecule has 21 heavy (non-hydrogen) atoms. The van der Waals surface area contributed by atoms with Crippen LogP contribution in [0.25, 0.3) is 0 Å². The lowest BCUT2D eigenvalue weighted by Crippen LogP contribution is -2.23. The summed E-state index contributed by atoms with van der Waals surface area (Å²) in [6.45, 7) is 6.50. The lowest BCUT2D eigenvalue weighted by molar-refractivity contribution is 0.0401. The Labute approximate surface area is 132 Å². The van der Waals surface area contributed by atoms with Crippen molar-refractivity contribution in [2.24, 2.45) is 0 Å². The third-order valence-corrected chi connectivity index (χ3v) is 3.57. The predicted octanol–water partition coefficient (Wildman–Crippen LogP) is 4.52. The lowest BCUT2D eigenvalue weighted by atomic mass is 10.1. The summed E-state index contributed by atoms with van der Waals surface area (Å²) in [6.07, 6.45) is 0.0452. The van der Waals surface area contributed by atoms with E-state index in [1.807, 2.05) is 24.3 Å². The second-order valence-electron chi connectivity index (χ2n) is 5.15. The van der Waals surface area contributed by atoms with Crippen LogP contribution in [0.15, 0.2) is 48.5 Å². The highest BCUT2D eigenvalue weighted by molar-refractivity contribution is 6.30. The minimum absolute atomic E-state index is 0.0452. The van der Waals surface area contributed by atoms with Gasteiger partial charge >= 0.3 is 0 Å². The van der Waals surface area contributed by atoms with Crippen LogP contribution in [0.4, 0.5) is 0 Å². The standard InChI is InChI=1S/C18H22ClNO/c1-3-20-12-18(16-8-4-6-14(2)10-16)21-13-15-7-5-9-17(19)11-15/h4-11,18,20H,3,12-13H2,1-2H3. The van der Waals surface area contributed by atoms with Gasteiger partial charge < -0.3 is 10.1 Å². The van der Waals surface area contributed by atoms with Crippen LogP contribution in [-0.2, 0) is 11.3 Å². The van der Waals surface area contributed by atoms with Crippen molar-refractivity contribution in [2.75, 3.05) is 13.1 Å². The Morgan fingerprint density at radius 2 is 1.95 bits per heavy atom. The minimum Gasteiger partial charge on any atom is -0.368 e. The Balaban J connectivity index is 2.06. The van der Waals surface area contributed by atoms with Gasteiger partial charge in [-0.3, -0.25) is 0 Å². The van der Waals surface area contributed by atoms with Crippen molar-refractivity contribution < 1.29 is 4.74 Å². The summed E-state index contributed by atoms with van der Waals surface area (Å²) < 4.78 is 6.11. The van der Waals surface area contributed by atoms with Gasteiger partial charge in [-0.05, 0) is 36.7 Å². The Morgan fingerprint density at radius 1 is 1.14 bits per heavy atom. The Bertz CT molecular complexity index is 571. The fourth-order valence-corrected chi connectivity index (χ4v) is 2.46. The molecule has 1 N–H and O–H groups in total. The fourth-order valence-electron chi connectivity index (χ4n) is 2.24. The van der Waals surface area contributed by atoms with Crippen LogP contribution in [0.1, 0.15) is 29.7 Å². The van der Waals surface area contributed by atoms with Gasteiger partial charge in [0, 0.05) is 11.6 Å². The molecule has 112 valence electrons. The molecule has 0 saturated carbocycles. The smallest absolute Gasteiger partial charge is 0.0953 e. The summed E-state index contributed by atoms with van der Waals surface area (Å²) in [7, 11) is 0. The molecule has 0 spiro atoms. The van der Waals surface area contributed by atoms with Crippen LogP contribution in [0.2, 0.25) is 5.02 Å². The van der Waals surface area contributed by atoms with Crippen molar-refractivity contribution in [1.29, 1.82) is 0 Å². The molecular weight excluding hydrogens is 282 g/mol. The van der Waals surface area contributed by atoms with Crippen molar-refractivity contribution >= 4 is 11.6 Å². The lowest BCUT2D eigenvalue weighted by Gasteiger charge is -2.19. The average Bonchev–Trinajstić information content (AvgIpc) is 2.47. The largest absolute Gasteiger partial charge is 0.368 e. The van der Waals surface area contributed by atoms with Crippen molar-refractivity contribution in [2.45, 2.75) is 26.6 Å². The molecule has 0 amide bonds. The third-order valence-electron chi connectivity index (χ3n) is 3.33. The van der Waals surface area contributed by atoms with Gasteiger partial charge in [0.05, 0.1) is 12.7 Å². The number of ether oxygens (including phenoxy) is 1. The van der Waals surface area contributed by atoms with Crippen molar-refractivity contribution in [3.8, 4) is 0 Å². The topological polar surface area (TPSA) is 21.3 Å². The Kier molecular flexibility index (Phi) is 6.24. The number of likely N-dealkylation sites (N-methyl/N-ethyl adjacent to an activating group) is 1. The number of hydrogen-bond donors (Lipinski definition) is 1. The quantitative estimate of drug-likeness (QED) is 0.812. The van der Waals surface area contributed by atoms with E-state index in [1.165, 1.54) is 11.1 Å².